The van der Waals surface area contributed by atoms with E-state index in [1.54, 1.807) is 14.0 Å². The number of aromatic nitrogens is 2. The third-order valence-electron chi connectivity index (χ3n) is 6.84. The molecule has 9 heteroatoms. The third kappa shape index (κ3) is 4.91. The van der Waals surface area contributed by atoms with Crippen LogP contribution in [0.4, 0.5) is 0 Å². The number of hydrogen-bond donors (Lipinski definition) is 1. The molecular weight excluding hydrogens is 587 g/mol. The zero-order valence-corrected chi connectivity index (χ0v) is 24.4. The monoisotopic (exact) mass is 620 g/mol. The van der Waals surface area contributed by atoms with Crippen molar-refractivity contribution in [1.82, 2.24) is 9.55 Å². The van der Waals surface area contributed by atoms with Crippen LogP contribution in [0.1, 0.15) is 32.6 Å². The number of aromatic amines is 1. The fourth-order valence-electron chi connectivity index (χ4n) is 5.05. The van der Waals surface area contributed by atoms with Gasteiger partial charge in [-0.15, -0.1) is 0 Å². The lowest BCUT2D eigenvalue weighted by atomic mass is 10.2. The summed E-state index contributed by atoms with van der Waals surface area (Å²) in [6.07, 6.45) is 0.155. The van der Waals surface area contributed by atoms with Crippen LogP contribution in [0.15, 0.2) is 76.4 Å². The second-order valence-corrected chi connectivity index (χ2v) is 15.9. The van der Waals surface area contributed by atoms with Crippen LogP contribution in [0.2, 0.25) is 5.04 Å². The predicted octanol–water partition coefficient (Wildman–Crippen LogP) is 3.14. The summed E-state index contributed by atoms with van der Waals surface area (Å²) in [6.45, 7) is 8.71. The van der Waals surface area contributed by atoms with Crippen LogP contribution in [-0.4, -0.2) is 47.7 Å². The van der Waals surface area contributed by atoms with Crippen LogP contribution in [-0.2, 0) is 13.9 Å². The summed E-state index contributed by atoms with van der Waals surface area (Å²) in [6, 6.07) is 20.9. The highest BCUT2D eigenvalue weighted by atomic mass is 127. The molecule has 2 heterocycles. The van der Waals surface area contributed by atoms with Crippen molar-refractivity contribution in [2.24, 2.45) is 0 Å². The van der Waals surface area contributed by atoms with Crippen molar-refractivity contribution >= 4 is 41.3 Å². The van der Waals surface area contributed by atoms with Crippen LogP contribution >= 0.6 is 22.6 Å². The van der Waals surface area contributed by atoms with Crippen LogP contribution in [0.5, 0.6) is 0 Å². The van der Waals surface area contributed by atoms with Gasteiger partial charge in [0.25, 0.3) is 13.9 Å². The maximum absolute atomic E-state index is 12.6. The van der Waals surface area contributed by atoms with Gasteiger partial charge in [0.2, 0.25) is 0 Å². The zero-order valence-electron chi connectivity index (χ0n) is 21.2. The maximum atomic E-state index is 12.6. The molecule has 1 aliphatic heterocycles. The van der Waals surface area contributed by atoms with Gasteiger partial charge < -0.3 is 13.9 Å². The molecule has 1 fully saturated rings. The van der Waals surface area contributed by atoms with E-state index in [-0.39, 0.29) is 21.2 Å². The van der Waals surface area contributed by atoms with Gasteiger partial charge in [-0.3, -0.25) is 14.3 Å². The Morgan fingerprint density at radius 2 is 1.58 bits per heavy atom. The van der Waals surface area contributed by atoms with Crippen molar-refractivity contribution < 1.29 is 13.9 Å². The van der Waals surface area contributed by atoms with Gasteiger partial charge in [-0.05, 0) is 22.3 Å². The topological polar surface area (TPSA) is 82.6 Å². The largest absolute Gasteiger partial charge is 0.405 e. The van der Waals surface area contributed by atoms with Crippen molar-refractivity contribution in [1.29, 1.82) is 0 Å². The fraction of sp³-hybridized carbons (Fsp3) is 0.407. The summed E-state index contributed by atoms with van der Waals surface area (Å²) in [5, 5.41) is 2.22. The van der Waals surface area contributed by atoms with E-state index < -0.39 is 25.8 Å². The van der Waals surface area contributed by atoms with Gasteiger partial charge in [-0.25, -0.2) is 4.79 Å². The highest BCUT2D eigenvalue weighted by Gasteiger charge is 2.52. The summed E-state index contributed by atoms with van der Waals surface area (Å²) in [5.41, 5.74) is -0.485. The van der Waals surface area contributed by atoms with Gasteiger partial charge in [-0.1, -0.05) is 104 Å². The summed E-state index contributed by atoms with van der Waals surface area (Å²) in [7, 11) is -1.13. The molecule has 192 valence electrons. The Kier molecular flexibility index (Phi) is 8.06. The van der Waals surface area contributed by atoms with Gasteiger partial charge in [0, 0.05) is 18.9 Å². The molecule has 7 nitrogen and oxygen atoms in total. The number of hydrogen-bond acceptors (Lipinski definition) is 5. The minimum Gasteiger partial charge on any atom is -0.405 e. The van der Waals surface area contributed by atoms with E-state index in [4.69, 9.17) is 13.9 Å². The number of nitrogens with one attached hydrogen (secondary N) is 1. The Bertz CT molecular complexity index is 1250. The molecule has 0 aliphatic carbocycles. The second kappa shape index (κ2) is 10.7. The maximum Gasteiger partial charge on any atom is 0.330 e. The smallest absolute Gasteiger partial charge is 0.330 e. The third-order valence-corrected chi connectivity index (χ3v) is 13.4. The van der Waals surface area contributed by atoms with Gasteiger partial charge in [0.15, 0.2) is 6.23 Å². The molecule has 0 saturated carbocycles. The lowest BCUT2D eigenvalue weighted by molar-refractivity contribution is -0.0611. The first kappa shape index (κ1) is 27.0. The first-order chi connectivity index (χ1) is 17.1. The average molecular weight is 621 g/mol. The van der Waals surface area contributed by atoms with E-state index in [0.717, 1.165) is 0 Å². The average Bonchev–Trinajstić information content (AvgIpc) is 3.17. The van der Waals surface area contributed by atoms with Gasteiger partial charge >= 0.3 is 5.69 Å². The molecule has 0 amide bonds. The molecule has 1 aromatic heterocycles. The van der Waals surface area contributed by atoms with Gasteiger partial charge in [0.05, 0.1) is 16.6 Å². The molecule has 1 N–H and O–H groups in total. The van der Waals surface area contributed by atoms with Gasteiger partial charge in [-0.2, -0.15) is 0 Å². The molecule has 36 heavy (non-hydrogen) atoms. The lowest BCUT2D eigenvalue weighted by Crippen LogP contribution is -2.67. The van der Waals surface area contributed by atoms with Crippen LogP contribution in [0.3, 0.4) is 0 Å². The second-order valence-electron chi connectivity index (χ2n) is 10.2. The van der Waals surface area contributed by atoms with E-state index in [2.05, 4.69) is 96.9 Å². The van der Waals surface area contributed by atoms with Crippen LogP contribution in [0, 0.1) is 6.92 Å². The van der Waals surface area contributed by atoms with E-state index >= 15 is 0 Å². The number of H-pyrrole nitrogens is 1. The van der Waals surface area contributed by atoms with Crippen LogP contribution < -0.4 is 21.6 Å². The SMILES string of the molecule is CO[C@@H]1[C@@H](I)[C@@H](CO[Si](c2ccccc2)(c2ccccc2)C(C)(C)C)O[C@H]1n1cc(C)c(=O)[nH]c1=O. The molecule has 0 unspecified atom stereocenters. The molecule has 4 rings (SSSR count). The molecule has 2 aromatic carbocycles. The van der Waals surface area contributed by atoms with E-state index in [1.165, 1.54) is 21.1 Å². The number of aryl methyl sites for hydroxylation is 1. The molecule has 1 aliphatic rings. The van der Waals surface area contributed by atoms with Crippen molar-refractivity contribution in [2.45, 2.75) is 55.1 Å². The highest BCUT2D eigenvalue weighted by molar-refractivity contribution is 14.1. The molecular formula is C27H33IN2O5Si. The summed E-state index contributed by atoms with van der Waals surface area (Å²) >= 11 is 2.33. The Morgan fingerprint density at radius 3 is 2.08 bits per heavy atom. The van der Waals surface area contributed by atoms with Crippen molar-refractivity contribution in [3.8, 4) is 0 Å². The molecule has 3 aromatic rings. The van der Waals surface area contributed by atoms with E-state index in [1.807, 2.05) is 12.1 Å². The normalized spacial score (nSPS) is 22.6. The summed E-state index contributed by atoms with van der Waals surface area (Å²) in [4.78, 5) is 26.9. The standard InChI is InChI=1S/C27H33IN2O5Si/c1-18-16-30(26(32)29-24(18)31)25-23(33-5)22(28)21(35-25)17-34-36(27(2,3)4,19-12-8-6-9-13-19)20-14-10-7-11-15-20/h6-16,21-23,25H,17H2,1-5H3,(H,29,31,32)/t21-,22+,23-,25-/m1/s1. The Hall–Kier alpha value is -2.05. The Morgan fingerprint density at radius 1 is 1.03 bits per heavy atom. The van der Waals surface area contributed by atoms with Gasteiger partial charge in [0.1, 0.15) is 6.10 Å². The quantitative estimate of drug-likeness (QED) is 0.250. The minimum atomic E-state index is -2.75. The van der Waals surface area contributed by atoms with Crippen molar-refractivity contribution in [3.05, 3.63) is 93.3 Å². The molecule has 4 atom stereocenters. The van der Waals surface area contributed by atoms with E-state index in [0.29, 0.717) is 12.2 Å². The number of rotatable bonds is 7. The molecule has 0 spiro atoms. The van der Waals surface area contributed by atoms with Crippen molar-refractivity contribution in [2.75, 3.05) is 13.7 Å². The number of halogens is 1. The number of alkyl halides is 1. The molecule has 0 bridgehead atoms. The van der Waals surface area contributed by atoms with Crippen LogP contribution in [0.25, 0.3) is 0 Å². The van der Waals surface area contributed by atoms with E-state index in [9.17, 15) is 9.59 Å². The number of nitrogens with zero attached hydrogens (tertiary/aromatic N) is 1. The molecule has 1 saturated heterocycles. The number of ether oxygens (including phenoxy) is 2. The predicted molar refractivity (Wildman–Crippen MR) is 152 cm³/mol. The molecule has 0 radical (unpaired) electrons. The first-order valence-electron chi connectivity index (χ1n) is 12.0. The Balaban J connectivity index is 1.71. The van der Waals surface area contributed by atoms with Crippen molar-refractivity contribution in [3.63, 3.8) is 0 Å². The highest BCUT2D eigenvalue weighted by Crippen LogP contribution is 2.39. The number of benzene rings is 2. The first-order valence-corrected chi connectivity index (χ1v) is 15.1. The zero-order chi connectivity index (χ0) is 26.1. The lowest BCUT2D eigenvalue weighted by Gasteiger charge is -2.43. The summed E-state index contributed by atoms with van der Waals surface area (Å²) < 4.78 is 20.6. The number of methoxy groups -OCH3 is 1. The fourth-order valence-corrected chi connectivity index (χ4v) is 10.6. The summed E-state index contributed by atoms with van der Waals surface area (Å²) in [5.74, 6) is 0. The minimum absolute atomic E-state index is 0.0741. The Labute approximate surface area is 226 Å².